The summed E-state index contributed by atoms with van der Waals surface area (Å²) in [5.41, 5.74) is 0. The molecule has 0 radical (unpaired) electrons. The zero-order chi connectivity index (χ0) is 11.9. The van der Waals surface area contributed by atoms with Gasteiger partial charge in [-0.3, -0.25) is 0 Å². The van der Waals surface area contributed by atoms with E-state index >= 15 is 0 Å². The standard InChI is InChI=1S/C11H19N3O3/c1-15-6-7-16-5-4-10-13-11(17-14-10)8-12-9-2-3-9/h9,12H,2-8H2,1H3. The highest BCUT2D eigenvalue weighted by molar-refractivity contribution is 4.89. The van der Waals surface area contributed by atoms with Crippen LogP contribution in [0, 0.1) is 0 Å². The van der Waals surface area contributed by atoms with Crippen molar-refractivity contribution in [2.75, 3.05) is 26.9 Å². The van der Waals surface area contributed by atoms with Crippen molar-refractivity contribution in [2.45, 2.75) is 31.8 Å². The lowest BCUT2D eigenvalue weighted by molar-refractivity contribution is 0.0714. The Kier molecular flexibility index (Phi) is 4.90. The predicted octanol–water partition coefficient (Wildman–Crippen LogP) is 0.527. The van der Waals surface area contributed by atoms with Crippen molar-refractivity contribution in [1.29, 1.82) is 0 Å². The molecule has 0 aliphatic heterocycles. The zero-order valence-electron chi connectivity index (χ0n) is 10.1. The highest BCUT2D eigenvalue weighted by atomic mass is 16.5. The lowest BCUT2D eigenvalue weighted by Crippen LogP contribution is -2.15. The monoisotopic (exact) mass is 241 g/mol. The van der Waals surface area contributed by atoms with Crippen LogP contribution in [0.3, 0.4) is 0 Å². The van der Waals surface area contributed by atoms with Crippen molar-refractivity contribution >= 4 is 0 Å². The van der Waals surface area contributed by atoms with Crippen LogP contribution in [0.15, 0.2) is 4.52 Å². The highest BCUT2D eigenvalue weighted by Gasteiger charge is 2.21. The van der Waals surface area contributed by atoms with Crippen LogP contribution in [0.2, 0.25) is 0 Å². The number of aromatic nitrogens is 2. The maximum atomic E-state index is 5.33. The van der Waals surface area contributed by atoms with Crippen molar-refractivity contribution in [3.8, 4) is 0 Å². The lowest BCUT2D eigenvalue weighted by atomic mass is 10.4. The molecule has 1 fully saturated rings. The van der Waals surface area contributed by atoms with Crippen molar-refractivity contribution in [1.82, 2.24) is 15.5 Å². The molecule has 1 N–H and O–H groups in total. The number of nitrogens with zero attached hydrogens (tertiary/aromatic N) is 2. The maximum absolute atomic E-state index is 5.33. The molecule has 1 saturated carbocycles. The molecule has 1 aliphatic carbocycles. The van der Waals surface area contributed by atoms with Crippen LogP contribution in [0.5, 0.6) is 0 Å². The third-order valence-electron chi connectivity index (χ3n) is 2.53. The fourth-order valence-corrected chi connectivity index (χ4v) is 1.39. The average Bonchev–Trinajstić information content (AvgIpc) is 3.06. The molecular weight excluding hydrogens is 222 g/mol. The van der Waals surface area contributed by atoms with Crippen LogP contribution in [-0.2, 0) is 22.4 Å². The van der Waals surface area contributed by atoms with E-state index in [2.05, 4.69) is 15.5 Å². The van der Waals surface area contributed by atoms with Crippen LogP contribution in [0.1, 0.15) is 24.6 Å². The molecule has 0 saturated heterocycles. The van der Waals surface area contributed by atoms with Crippen LogP contribution in [0.25, 0.3) is 0 Å². The highest BCUT2D eigenvalue weighted by Crippen LogP contribution is 2.18. The summed E-state index contributed by atoms with van der Waals surface area (Å²) in [6.07, 6.45) is 3.19. The molecule has 1 heterocycles. The fraction of sp³-hybridized carbons (Fsp3) is 0.818. The number of nitrogens with one attached hydrogen (secondary N) is 1. The van der Waals surface area contributed by atoms with Gasteiger partial charge in [-0.1, -0.05) is 5.16 Å². The van der Waals surface area contributed by atoms with Gasteiger partial charge in [0.2, 0.25) is 5.89 Å². The zero-order valence-corrected chi connectivity index (χ0v) is 10.1. The first kappa shape index (κ1) is 12.5. The molecule has 0 unspecified atom stereocenters. The Balaban J connectivity index is 1.59. The molecule has 6 nitrogen and oxygen atoms in total. The van der Waals surface area contributed by atoms with E-state index in [1.54, 1.807) is 7.11 Å². The van der Waals surface area contributed by atoms with Gasteiger partial charge in [-0.15, -0.1) is 0 Å². The molecule has 0 atom stereocenters. The molecule has 2 rings (SSSR count). The minimum atomic E-state index is 0.596. The van der Waals surface area contributed by atoms with Gasteiger partial charge >= 0.3 is 0 Å². The molecule has 0 amide bonds. The summed E-state index contributed by atoms with van der Waals surface area (Å²) in [4.78, 5) is 4.28. The Bertz CT molecular complexity index is 326. The molecule has 0 bridgehead atoms. The lowest BCUT2D eigenvalue weighted by Gasteiger charge is -2.00. The Labute approximate surface area is 101 Å². The van der Waals surface area contributed by atoms with E-state index < -0.39 is 0 Å². The first-order valence-electron chi connectivity index (χ1n) is 6.00. The normalized spacial score (nSPS) is 15.4. The van der Waals surface area contributed by atoms with E-state index in [9.17, 15) is 0 Å². The van der Waals surface area contributed by atoms with Crippen LogP contribution >= 0.6 is 0 Å². The van der Waals surface area contributed by atoms with Crippen molar-refractivity contribution in [2.24, 2.45) is 0 Å². The molecule has 1 aliphatic rings. The molecule has 1 aromatic heterocycles. The van der Waals surface area contributed by atoms with Gasteiger partial charge in [0, 0.05) is 19.6 Å². The molecular formula is C11H19N3O3. The maximum Gasteiger partial charge on any atom is 0.240 e. The van der Waals surface area contributed by atoms with Crippen LogP contribution < -0.4 is 5.32 Å². The second-order valence-electron chi connectivity index (χ2n) is 4.11. The minimum Gasteiger partial charge on any atom is -0.382 e. The second kappa shape index (κ2) is 6.68. The topological polar surface area (TPSA) is 69.4 Å². The second-order valence-corrected chi connectivity index (χ2v) is 4.11. The SMILES string of the molecule is COCCOCCc1noc(CNC2CC2)n1. The largest absolute Gasteiger partial charge is 0.382 e. The molecule has 6 heteroatoms. The Morgan fingerprint density at radius 2 is 2.24 bits per heavy atom. The van der Waals surface area contributed by atoms with Crippen molar-refractivity contribution in [3.63, 3.8) is 0 Å². The van der Waals surface area contributed by atoms with Crippen LogP contribution in [-0.4, -0.2) is 43.1 Å². The molecule has 96 valence electrons. The average molecular weight is 241 g/mol. The number of hydrogen-bond donors (Lipinski definition) is 1. The summed E-state index contributed by atoms with van der Waals surface area (Å²) < 4.78 is 15.3. The quantitative estimate of drug-likeness (QED) is 0.636. The first-order valence-corrected chi connectivity index (χ1v) is 6.00. The summed E-state index contributed by atoms with van der Waals surface area (Å²) in [5.74, 6) is 1.36. The van der Waals surface area contributed by atoms with E-state index in [0.29, 0.717) is 50.5 Å². The van der Waals surface area contributed by atoms with Gasteiger partial charge in [0.25, 0.3) is 0 Å². The van der Waals surface area contributed by atoms with E-state index in [1.807, 2.05) is 0 Å². The van der Waals surface area contributed by atoms with E-state index in [4.69, 9.17) is 14.0 Å². The van der Waals surface area contributed by atoms with Gasteiger partial charge in [0.1, 0.15) is 0 Å². The number of ether oxygens (including phenoxy) is 2. The van der Waals surface area contributed by atoms with Gasteiger partial charge < -0.3 is 19.3 Å². The predicted molar refractivity (Wildman–Crippen MR) is 60.6 cm³/mol. The molecule has 0 aromatic carbocycles. The van der Waals surface area contributed by atoms with E-state index in [1.165, 1.54) is 12.8 Å². The van der Waals surface area contributed by atoms with Gasteiger partial charge in [0.05, 0.1) is 26.4 Å². The fourth-order valence-electron chi connectivity index (χ4n) is 1.39. The van der Waals surface area contributed by atoms with E-state index in [-0.39, 0.29) is 0 Å². The van der Waals surface area contributed by atoms with Crippen LogP contribution in [0.4, 0.5) is 0 Å². The summed E-state index contributed by atoms with van der Waals surface area (Å²) in [6.45, 7) is 2.48. The van der Waals surface area contributed by atoms with Gasteiger partial charge in [-0.05, 0) is 12.8 Å². The minimum absolute atomic E-state index is 0.596. The molecule has 17 heavy (non-hydrogen) atoms. The first-order chi connectivity index (χ1) is 8.38. The summed E-state index contributed by atoms with van der Waals surface area (Å²) in [5, 5.41) is 7.22. The summed E-state index contributed by atoms with van der Waals surface area (Å²) >= 11 is 0. The van der Waals surface area contributed by atoms with Crippen molar-refractivity contribution < 1.29 is 14.0 Å². The Hall–Kier alpha value is -0.980. The van der Waals surface area contributed by atoms with Gasteiger partial charge in [0.15, 0.2) is 5.82 Å². The summed E-state index contributed by atoms with van der Waals surface area (Å²) in [6, 6.07) is 0.655. The summed E-state index contributed by atoms with van der Waals surface area (Å²) in [7, 11) is 1.65. The van der Waals surface area contributed by atoms with Gasteiger partial charge in [-0.25, -0.2) is 0 Å². The van der Waals surface area contributed by atoms with E-state index in [0.717, 1.165) is 0 Å². The Morgan fingerprint density at radius 1 is 1.35 bits per heavy atom. The third kappa shape index (κ3) is 4.80. The smallest absolute Gasteiger partial charge is 0.240 e. The number of rotatable bonds is 9. The molecule has 1 aromatic rings. The van der Waals surface area contributed by atoms with Gasteiger partial charge in [-0.2, -0.15) is 4.98 Å². The molecule has 0 spiro atoms. The number of hydrogen-bond acceptors (Lipinski definition) is 6. The van der Waals surface area contributed by atoms with Crippen molar-refractivity contribution in [3.05, 3.63) is 11.7 Å². The Morgan fingerprint density at radius 3 is 3.00 bits per heavy atom. The third-order valence-corrected chi connectivity index (χ3v) is 2.53. The number of methoxy groups -OCH3 is 1.